The highest BCUT2D eigenvalue weighted by Gasteiger charge is 2.22. The van der Waals surface area contributed by atoms with Crippen molar-refractivity contribution in [2.45, 2.75) is 45.1 Å². The first kappa shape index (κ1) is 14.5. The van der Waals surface area contributed by atoms with Crippen molar-refractivity contribution in [2.24, 2.45) is 11.7 Å². The van der Waals surface area contributed by atoms with Crippen LogP contribution >= 0.6 is 0 Å². The summed E-state index contributed by atoms with van der Waals surface area (Å²) in [6.45, 7) is 5.76. The number of hydrogen-bond acceptors (Lipinski definition) is 2. The van der Waals surface area contributed by atoms with Gasteiger partial charge in [0.2, 0.25) is 0 Å². The number of likely N-dealkylation sites (tertiary alicyclic amines) is 1. The van der Waals surface area contributed by atoms with E-state index in [0.717, 1.165) is 12.5 Å². The molecule has 0 bridgehead atoms. The van der Waals surface area contributed by atoms with Crippen LogP contribution in [0.5, 0.6) is 0 Å². The quantitative estimate of drug-likeness (QED) is 0.851. The number of benzene rings is 1. The Hall–Kier alpha value is -0.860. The molecule has 1 fully saturated rings. The van der Waals surface area contributed by atoms with Crippen molar-refractivity contribution < 1.29 is 0 Å². The SMILES string of the molecule is CC(CCc1ccccc1)N1CCCC(CCN)C1. The fourth-order valence-corrected chi connectivity index (χ4v) is 3.17. The zero-order chi connectivity index (χ0) is 13.5. The molecular formula is C17H28N2. The third-order valence-corrected chi connectivity index (χ3v) is 4.44. The molecule has 0 aromatic heterocycles. The second-order valence-electron chi connectivity index (χ2n) is 5.95. The molecule has 0 amide bonds. The molecule has 1 aromatic rings. The molecular weight excluding hydrogens is 232 g/mol. The standard InChI is InChI=1S/C17H28N2/c1-15(9-10-16-6-3-2-4-7-16)19-13-5-8-17(14-19)11-12-18/h2-4,6-7,15,17H,5,8-14,18H2,1H3. The third-order valence-electron chi connectivity index (χ3n) is 4.44. The summed E-state index contributed by atoms with van der Waals surface area (Å²) in [6.07, 6.45) is 6.38. The molecule has 1 aliphatic heterocycles. The van der Waals surface area contributed by atoms with Gasteiger partial charge in [0.1, 0.15) is 0 Å². The van der Waals surface area contributed by atoms with Gasteiger partial charge >= 0.3 is 0 Å². The van der Waals surface area contributed by atoms with Gasteiger partial charge in [-0.05, 0) is 63.6 Å². The van der Waals surface area contributed by atoms with Gasteiger partial charge in [0.05, 0.1) is 0 Å². The molecule has 2 nitrogen and oxygen atoms in total. The van der Waals surface area contributed by atoms with Crippen molar-refractivity contribution in [3.8, 4) is 0 Å². The van der Waals surface area contributed by atoms with E-state index in [1.54, 1.807) is 0 Å². The Bertz CT molecular complexity index is 348. The second-order valence-corrected chi connectivity index (χ2v) is 5.95. The summed E-state index contributed by atoms with van der Waals surface area (Å²) < 4.78 is 0. The third kappa shape index (κ3) is 4.63. The highest BCUT2D eigenvalue weighted by molar-refractivity contribution is 5.14. The first-order valence-corrected chi connectivity index (χ1v) is 7.77. The van der Waals surface area contributed by atoms with Gasteiger partial charge in [0.15, 0.2) is 0 Å². The van der Waals surface area contributed by atoms with Gasteiger partial charge in [0, 0.05) is 12.6 Å². The van der Waals surface area contributed by atoms with Gasteiger partial charge in [-0.1, -0.05) is 30.3 Å². The molecule has 2 heteroatoms. The smallest absolute Gasteiger partial charge is 0.00702 e. The Kier molecular flexibility index (Phi) is 5.87. The van der Waals surface area contributed by atoms with Crippen LogP contribution in [0.25, 0.3) is 0 Å². The van der Waals surface area contributed by atoms with E-state index in [4.69, 9.17) is 5.73 Å². The summed E-state index contributed by atoms with van der Waals surface area (Å²) in [6, 6.07) is 11.5. The lowest BCUT2D eigenvalue weighted by Gasteiger charge is -2.37. The van der Waals surface area contributed by atoms with Crippen LogP contribution in [0.4, 0.5) is 0 Å². The lowest BCUT2D eigenvalue weighted by atomic mass is 9.93. The van der Waals surface area contributed by atoms with Crippen molar-refractivity contribution >= 4 is 0 Å². The van der Waals surface area contributed by atoms with E-state index in [1.807, 2.05) is 0 Å². The summed E-state index contributed by atoms with van der Waals surface area (Å²) >= 11 is 0. The zero-order valence-corrected chi connectivity index (χ0v) is 12.2. The molecule has 2 N–H and O–H groups in total. The van der Waals surface area contributed by atoms with E-state index < -0.39 is 0 Å². The first-order chi connectivity index (χ1) is 9.29. The molecule has 1 aromatic carbocycles. The van der Waals surface area contributed by atoms with Crippen LogP contribution < -0.4 is 5.73 Å². The van der Waals surface area contributed by atoms with Crippen LogP contribution in [0.1, 0.15) is 38.2 Å². The fourth-order valence-electron chi connectivity index (χ4n) is 3.17. The summed E-state index contributed by atoms with van der Waals surface area (Å²) in [7, 11) is 0. The number of aryl methyl sites for hydroxylation is 1. The van der Waals surface area contributed by atoms with Crippen molar-refractivity contribution in [1.82, 2.24) is 4.90 Å². The molecule has 0 radical (unpaired) electrons. The van der Waals surface area contributed by atoms with Gasteiger partial charge in [-0.25, -0.2) is 0 Å². The van der Waals surface area contributed by atoms with Crippen LogP contribution in [-0.2, 0) is 6.42 Å². The predicted octanol–water partition coefficient (Wildman–Crippen LogP) is 3.07. The second kappa shape index (κ2) is 7.66. The Morgan fingerprint density at radius 2 is 2.11 bits per heavy atom. The first-order valence-electron chi connectivity index (χ1n) is 7.77. The molecule has 0 saturated carbocycles. The minimum absolute atomic E-state index is 0.695. The van der Waals surface area contributed by atoms with Crippen molar-refractivity contribution in [3.05, 3.63) is 35.9 Å². The van der Waals surface area contributed by atoms with E-state index in [2.05, 4.69) is 42.2 Å². The van der Waals surface area contributed by atoms with Crippen LogP contribution in [0.15, 0.2) is 30.3 Å². The largest absolute Gasteiger partial charge is 0.330 e. The fraction of sp³-hybridized carbons (Fsp3) is 0.647. The number of piperidine rings is 1. The Labute approximate surface area is 118 Å². The summed E-state index contributed by atoms with van der Waals surface area (Å²) in [5.41, 5.74) is 7.16. The van der Waals surface area contributed by atoms with Crippen LogP contribution in [0.3, 0.4) is 0 Å². The number of nitrogens with zero attached hydrogens (tertiary/aromatic N) is 1. The molecule has 2 unspecified atom stereocenters. The van der Waals surface area contributed by atoms with Gasteiger partial charge in [0.25, 0.3) is 0 Å². The summed E-state index contributed by atoms with van der Waals surface area (Å²) in [5.74, 6) is 0.831. The minimum Gasteiger partial charge on any atom is -0.330 e. The molecule has 1 saturated heterocycles. The Morgan fingerprint density at radius 1 is 1.32 bits per heavy atom. The summed E-state index contributed by atoms with van der Waals surface area (Å²) in [5, 5.41) is 0. The maximum atomic E-state index is 5.70. The average molecular weight is 260 g/mol. The van der Waals surface area contributed by atoms with Crippen molar-refractivity contribution in [3.63, 3.8) is 0 Å². The Morgan fingerprint density at radius 3 is 2.84 bits per heavy atom. The molecule has 106 valence electrons. The van der Waals surface area contributed by atoms with E-state index >= 15 is 0 Å². The van der Waals surface area contributed by atoms with E-state index in [1.165, 1.54) is 50.8 Å². The highest BCUT2D eigenvalue weighted by Crippen LogP contribution is 2.22. The van der Waals surface area contributed by atoms with Crippen LogP contribution in [0.2, 0.25) is 0 Å². The van der Waals surface area contributed by atoms with Gasteiger partial charge in [-0.15, -0.1) is 0 Å². The lowest BCUT2D eigenvalue weighted by Crippen LogP contribution is -2.42. The molecule has 0 spiro atoms. The maximum absolute atomic E-state index is 5.70. The van der Waals surface area contributed by atoms with E-state index in [0.29, 0.717) is 6.04 Å². The van der Waals surface area contributed by atoms with E-state index in [9.17, 15) is 0 Å². The number of hydrogen-bond donors (Lipinski definition) is 1. The zero-order valence-electron chi connectivity index (χ0n) is 12.2. The van der Waals surface area contributed by atoms with Crippen LogP contribution in [0, 0.1) is 5.92 Å². The number of nitrogens with two attached hydrogens (primary N) is 1. The van der Waals surface area contributed by atoms with Gasteiger partial charge in [-0.2, -0.15) is 0 Å². The topological polar surface area (TPSA) is 29.3 Å². The summed E-state index contributed by atoms with van der Waals surface area (Å²) in [4.78, 5) is 2.67. The predicted molar refractivity (Wildman–Crippen MR) is 82.2 cm³/mol. The van der Waals surface area contributed by atoms with Crippen molar-refractivity contribution in [1.29, 1.82) is 0 Å². The molecule has 2 atom stereocenters. The lowest BCUT2D eigenvalue weighted by molar-refractivity contribution is 0.123. The Balaban J connectivity index is 1.77. The van der Waals surface area contributed by atoms with E-state index in [-0.39, 0.29) is 0 Å². The molecule has 19 heavy (non-hydrogen) atoms. The maximum Gasteiger partial charge on any atom is 0.00702 e. The molecule has 0 aliphatic carbocycles. The van der Waals surface area contributed by atoms with Crippen molar-refractivity contribution in [2.75, 3.05) is 19.6 Å². The average Bonchev–Trinajstić information content (AvgIpc) is 2.46. The number of rotatable bonds is 6. The molecule has 1 aliphatic rings. The molecule has 1 heterocycles. The molecule has 2 rings (SSSR count). The minimum atomic E-state index is 0.695. The highest BCUT2D eigenvalue weighted by atomic mass is 15.2. The van der Waals surface area contributed by atoms with Gasteiger partial charge in [-0.3, -0.25) is 0 Å². The van der Waals surface area contributed by atoms with Crippen LogP contribution in [-0.4, -0.2) is 30.6 Å². The monoisotopic (exact) mass is 260 g/mol. The normalized spacial score (nSPS) is 22.3. The van der Waals surface area contributed by atoms with Gasteiger partial charge < -0.3 is 10.6 Å².